The summed E-state index contributed by atoms with van der Waals surface area (Å²) in [5, 5.41) is 0. The minimum atomic E-state index is -4.67. The molecule has 8 heteroatoms. The minimum absolute atomic E-state index is 0. The summed E-state index contributed by atoms with van der Waals surface area (Å²) in [4.78, 5) is 0. The Labute approximate surface area is 78.9 Å². The number of hydrogen-bond donors (Lipinski definition) is 2. The molecule has 8 heavy (non-hydrogen) atoms. The summed E-state index contributed by atoms with van der Waals surface area (Å²) < 4.78 is 31.6. The smallest absolute Gasteiger partial charge is 0.264 e. The third kappa shape index (κ3) is 154. The van der Waals surface area contributed by atoms with Crippen molar-refractivity contribution < 1.29 is 56.5 Å². The van der Waals surface area contributed by atoms with Gasteiger partial charge in [0.15, 0.2) is 0 Å². The molecule has 0 radical (unpaired) electrons. The summed E-state index contributed by atoms with van der Waals surface area (Å²) in [5.74, 6) is 0. The van der Waals surface area contributed by atoms with Crippen molar-refractivity contribution in [2.24, 2.45) is 0 Å². The Hall–Kier alpha value is 1.41. The third-order valence-corrected chi connectivity index (χ3v) is 0. The average Bonchev–Trinajstić information content (AvgIpc) is 0.722. The zero-order chi connectivity index (χ0) is 4.50. The molecule has 0 heterocycles. The van der Waals surface area contributed by atoms with E-state index in [4.69, 9.17) is 17.5 Å². The molecule has 0 aliphatic rings. The molecule has 0 rings (SSSR count). The van der Waals surface area contributed by atoms with E-state index in [0.29, 0.717) is 0 Å². The zero-order valence-electron chi connectivity index (χ0n) is 3.94. The van der Waals surface area contributed by atoms with Crippen molar-refractivity contribution >= 4 is 22.8 Å². The topological polar surface area (TPSA) is 74.6 Å². The molecule has 0 atom stereocenters. The van der Waals surface area contributed by atoms with Crippen LogP contribution in [0.2, 0.25) is 0 Å². The van der Waals surface area contributed by atoms with E-state index in [1.807, 2.05) is 0 Å². The largest absolute Gasteiger partial charge is 0.394 e. The van der Waals surface area contributed by atoms with Crippen LogP contribution in [0.3, 0.4) is 0 Å². The van der Waals surface area contributed by atoms with E-state index in [-0.39, 0.29) is 51.4 Å². The van der Waals surface area contributed by atoms with Gasteiger partial charge < -0.3 is 0 Å². The maximum absolute atomic E-state index is 8.74. The Morgan fingerprint density at radius 2 is 1.00 bits per heavy atom. The molecule has 0 aromatic heterocycles. The van der Waals surface area contributed by atoms with Crippen molar-refractivity contribution in [1.29, 1.82) is 0 Å². The number of hydrogen-bond acceptors (Lipinski definition) is 2. The van der Waals surface area contributed by atoms with Gasteiger partial charge in [-0.3, -0.25) is 9.11 Å². The van der Waals surface area contributed by atoms with Crippen LogP contribution in [0.1, 0.15) is 0 Å². The molecular weight excluding hydrogens is 262 g/mol. The standard InChI is InChI=1S/ClH.H2O4S.2Zn/c;1-5(2,3)4;;/h1H;(H2,1,2,3,4);;. The molecule has 0 fully saturated rings. The predicted octanol–water partition coefficient (Wildman–Crippen LogP) is -0.236. The summed E-state index contributed by atoms with van der Waals surface area (Å²) in [6, 6.07) is 0. The monoisotopic (exact) mass is 262 g/mol. The van der Waals surface area contributed by atoms with Crippen LogP contribution >= 0.6 is 12.4 Å². The molecule has 0 bridgehead atoms. The summed E-state index contributed by atoms with van der Waals surface area (Å²) in [7, 11) is -4.67. The maximum Gasteiger partial charge on any atom is 0.394 e. The van der Waals surface area contributed by atoms with Crippen molar-refractivity contribution in [1.82, 2.24) is 0 Å². The van der Waals surface area contributed by atoms with Crippen LogP contribution in [0.4, 0.5) is 0 Å². The average molecular weight is 265 g/mol. The number of halogens is 1. The summed E-state index contributed by atoms with van der Waals surface area (Å²) in [6.07, 6.45) is 0. The molecule has 0 aromatic carbocycles. The third-order valence-electron chi connectivity index (χ3n) is 0. The first-order valence-electron chi connectivity index (χ1n) is 0.698. The second kappa shape index (κ2) is 8.41. The predicted molar refractivity (Wildman–Crippen MR) is 21.4 cm³/mol. The van der Waals surface area contributed by atoms with Gasteiger partial charge in [0.05, 0.1) is 0 Å². The molecule has 4 nitrogen and oxygen atoms in total. The summed E-state index contributed by atoms with van der Waals surface area (Å²) in [6.45, 7) is 0. The fourth-order valence-electron chi connectivity index (χ4n) is 0. The maximum atomic E-state index is 8.74. The van der Waals surface area contributed by atoms with Gasteiger partial charge in [0.1, 0.15) is 0 Å². The van der Waals surface area contributed by atoms with E-state index in [2.05, 4.69) is 0 Å². The first-order valence-corrected chi connectivity index (χ1v) is 2.10. The Bertz CT molecular complexity index is 97.2. The number of rotatable bonds is 0. The van der Waals surface area contributed by atoms with Gasteiger partial charge >= 0.3 is 10.4 Å². The molecule has 0 aromatic rings. The zero-order valence-corrected chi connectivity index (χ0v) is 11.5. The summed E-state index contributed by atoms with van der Waals surface area (Å²) in [5.41, 5.74) is 0. The quantitative estimate of drug-likeness (QED) is 0.468. The van der Waals surface area contributed by atoms with Crippen LogP contribution in [-0.4, -0.2) is 17.5 Å². The van der Waals surface area contributed by atoms with Crippen molar-refractivity contribution in [2.45, 2.75) is 0 Å². The fourth-order valence-corrected chi connectivity index (χ4v) is 0. The van der Waals surface area contributed by atoms with E-state index < -0.39 is 10.4 Å². The first-order chi connectivity index (χ1) is 2.00. The van der Waals surface area contributed by atoms with Gasteiger partial charge in [-0.2, -0.15) is 8.42 Å². The first kappa shape index (κ1) is 22.7. The Balaban J connectivity index is -0.0000000267. The van der Waals surface area contributed by atoms with Gasteiger partial charge in [-0.1, -0.05) is 0 Å². The van der Waals surface area contributed by atoms with Crippen molar-refractivity contribution in [2.75, 3.05) is 0 Å². The minimum Gasteiger partial charge on any atom is -0.264 e. The van der Waals surface area contributed by atoms with Gasteiger partial charge in [0.2, 0.25) is 0 Å². The van der Waals surface area contributed by atoms with Gasteiger partial charge in [0, 0.05) is 39.0 Å². The molecule has 0 spiro atoms. The van der Waals surface area contributed by atoms with Gasteiger partial charge in [-0.05, 0) is 0 Å². The van der Waals surface area contributed by atoms with Crippen LogP contribution in [0.15, 0.2) is 0 Å². The van der Waals surface area contributed by atoms with E-state index in [1.165, 1.54) is 0 Å². The summed E-state index contributed by atoms with van der Waals surface area (Å²) >= 11 is 0. The Morgan fingerprint density at radius 1 is 1.00 bits per heavy atom. The SMILES string of the molecule is Cl.O=S(=O)(O)O.[Zn].[Zn]. The van der Waals surface area contributed by atoms with E-state index in [1.54, 1.807) is 0 Å². The van der Waals surface area contributed by atoms with Crippen LogP contribution in [-0.2, 0) is 49.4 Å². The second-order valence-corrected chi connectivity index (χ2v) is 1.34. The van der Waals surface area contributed by atoms with Crippen LogP contribution < -0.4 is 0 Å². The molecule has 0 aliphatic heterocycles. The van der Waals surface area contributed by atoms with Crippen LogP contribution in [0.5, 0.6) is 0 Å². The molecular formula is H3ClO4SZn2. The molecule has 0 saturated carbocycles. The molecule has 0 amide bonds. The van der Waals surface area contributed by atoms with Crippen molar-refractivity contribution in [3.63, 3.8) is 0 Å². The van der Waals surface area contributed by atoms with E-state index in [9.17, 15) is 0 Å². The Kier molecular flexibility index (Phi) is 23.9. The van der Waals surface area contributed by atoms with E-state index >= 15 is 0 Å². The van der Waals surface area contributed by atoms with Crippen molar-refractivity contribution in [3.05, 3.63) is 0 Å². The molecule has 2 N–H and O–H groups in total. The molecule has 0 aliphatic carbocycles. The van der Waals surface area contributed by atoms with Gasteiger partial charge in [0.25, 0.3) is 0 Å². The van der Waals surface area contributed by atoms with Crippen LogP contribution in [0.25, 0.3) is 0 Å². The van der Waals surface area contributed by atoms with E-state index in [0.717, 1.165) is 0 Å². The normalized spacial score (nSPS) is 7.25. The molecule has 0 saturated heterocycles. The second-order valence-electron chi connectivity index (χ2n) is 0.448. The van der Waals surface area contributed by atoms with Gasteiger partial charge in [-0.15, -0.1) is 12.4 Å². The Morgan fingerprint density at radius 3 is 1.00 bits per heavy atom. The molecule has 44 valence electrons. The molecule has 0 unspecified atom stereocenters. The van der Waals surface area contributed by atoms with Gasteiger partial charge in [-0.25, -0.2) is 0 Å². The fraction of sp³-hybridized carbons (Fsp3) is 0. The van der Waals surface area contributed by atoms with Crippen LogP contribution in [0, 0.1) is 0 Å². The van der Waals surface area contributed by atoms with Crippen molar-refractivity contribution in [3.8, 4) is 0 Å².